The first-order valence-corrected chi connectivity index (χ1v) is 3.32. The number of hydrogen-bond donors (Lipinski definition) is 2. The number of nitrogens with one attached hydrogen (secondary N) is 1. The summed E-state index contributed by atoms with van der Waals surface area (Å²) < 4.78 is 0. The van der Waals surface area contributed by atoms with Crippen molar-refractivity contribution in [2.45, 2.75) is 0 Å². The van der Waals surface area contributed by atoms with Crippen molar-refractivity contribution in [3.63, 3.8) is 0 Å². The summed E-state index contributed by atoms with van der Waals surface area (Å²) >= 11 is 5.64. The summed E-state index contributed by atoms with van der Waals surface area (Å²) in [5.74, 6) is 0. The van der Waals surface area contributed by atoms with Crippen molar-refractivity contribution in [3.05, 3.63) is 29.3 Å². The number of amides is 1. The van der Waals surface area contributed by atoms with E-state index in [2.05, 4.69) is 5.32 Å². The van der Waals surface area contributed by atoms with Gasteiger partial charge in [-0.1, -0.05) is 23.7 Å². The van der Waals surface area contributed by atoms with E-state index in [-0.39, 0.29) is 4.70 Å². The molecule has 0 radical (unpaired) electrons. The van der Waals surface area contributed by atoms with Crippen LogP contribution in [0.1, 0.15) is 0 Å². The zero-order chi connectivity index (χ0) is 8.27. The Balaban J connectivity index is 0.00000121. The first-order chi connectivity index (χ1) is 5.20. The molecule has 0 heterocycles. The molecule has 5 heteroatoms. The molecule has 12 heavy (non-hydrogen) atoms. The van der Waals surface area contributed by atoms with Crippen LogP contribution in [0.4, 0.5) is 15.2 Å². The van der Waals surface area contributed by atoms with Gasteiger partial charge in [0.25, 0.3) is 0 Å². The Kier molecular flexibility index (Phi) is 4.07. The number of rotatable bonds is 1. The lowest BCUT2D eigenvalue weighted by atomic mass is 10.3. The SMILES string of the molecule is F.O=C(O)Nc1ccccc1Cl. The van der Waals surface area contributed by atoms with Gasteiger partial charge in [-0.25, -0.2) is 4.79 Å². The predicted octanol–water partition coefficient (Wildman–Crippen LogP) is 2.58. The van der Waals surface area contributed by atoms with E-state index < -0.39 is 6.09 Å². The van der Waals surface area contributed by atoms with Crippen LogP contribution in [0.5, 0.6) is 0 Å². The van der Waals surface area contributed by atoms with Gasteiger partial charge in [0.05, 0.1) is 10.7 Å². The van der Waals surface area contributed by atoms with E-state index in [9.17, 15) is 4.79 Å². The number of benzene rings is 1. The zero-order valence-corrected chi connectivity index (χ0v) is 6.71. The normalized spacial score (nSPS) is 8.42. The second-order valence-electron chi connectivity index (χ2n) is 1.91. The van der Waals surface area contributed by atoms with Gasteiger partial charge < -0.3 is 5.11 Å². The van der Waals surface area contributed by atoms with Crippen LogP contribution in [0.15, 0.2) is 24.3 Å². The summed E-state index contributed by atoms with van der Waals surface area (Å²) in [6.07, 6.45) is -1.11. The molecule has 0 unspecified atom stereocenters. The highest BCUT2D eigenvalue weighted by atomic mass is 35.5. The van der Waals surface area contributed by atoms with Crippen LogP contribution in [-0.2, 0) is 0 Å². The minimum absolute atomic E-state index is 0. The number of halogens is 2. The van der Waals surface area contributed by atoms with E-state index in [0.29, 0.717) is 10.7 Å². The lowest BCUT2D eigenvalue weighted by Gasteiger charge is -2.00. The highest BCUT2D eigenvalue weighted by Crippen LogP contribution is 2.19. The monoisotopic (exact) mass is 191 g/mol. The first kappa shape index (κ1) is 10.7. The summed E-state index contributed by atoms with van der Waals surface area (Å²) in [4.78, 5) is 10.2. The van der Waals surface area contributed by atoms with Crippen LogP contribution in [0.3, 0.4) is 0 Å². The number of hydrogen-bond acceptors (Lipinski definition) is 1. The maximum Gasteiger partial charge on any atom is 0.409 e. The van der Waals surface area contributed by atoms with Crippen molar-refractivity contribution < 1.29 is 14.6 Å². The molecule has 0 aliphatic rings. The molecule has 1 rings (SSSR count). The lowest BCUT2D eigenvalue weighted by molar-refractivity contribution is 0.210. The summed E-state index contributed by atoms with van der Waals surface area (Å²) in [6.45, 7) is 0. The van der Waals surface area contributed by atoms with Crippen LogP contribution >= 0.6 is 11.6 Å². The van der Waals surface area contributed by atoms with E-state index in [1.54, 1.807) is 24.3 Å². The molecule has 0 fully saturated rings. The average molecular weight is 192 g/mol. The zero-order valence-electron chi connectivity index (χ0n) is 5.95. The number of carboxylic acid groups (broad SMARTS) is 1. The molecule has 1 aromatic rings. The van der Waals surface area contributed by atoms with Gasteiger partial charge in [-0.3, -0.25) is 10.0 Å². The van der Waals surface area contributed by atoms with E-state index in [1.165, 1.54) is 0 Å². The molecule has 1 amide bonds. The Morgan fingerprint density at radius 3 is 2.50 bits per heavy atom. The van der Waals surface area contributed by atoms with Gasteiger partial charge in [0.15, 0.2) is 0 Å². The molecule has 0 aromatic heterocycles. The molecule has 2 N–H and O–H groups in total. The Hall–Kier alpha value is -1.29. The molecule has 0 aliphatic carbocycles. The van der Waals surface area contributed by atoms with Gasteiger partial charge in [0.1, 0.15) is 0 Å². The topological polar surface area (TPSA) is 49.3 Å². The third-order valence-electron chi connectivity index (χ3n) is 1.12. The molecule has 0 saturated carbocycles. The van der Waals surface area contributed by atoms with Crippen LogP contribution < -0.4 is 5.32 Å². The maximum atomic E-state index is 10.2. The molecular weight excluding hydrogens is 185 g/mol. The smallest absolute Gasteiger partial charge is 0.409 e. The molecule has 0 aliphatic heterocycles. The molecule has 1 aromatic carbocycles. The van der Waals surface area contributed by atoms with Gasteiger partial charge in [-0.2, -0.15) is 0 Å². The standard InChI is InChI=1S/C7H6ClNO2.FH/c8-5-3-1-2-4-6(5)9-7(10)11;/h1-4,9H,(H,10,11);1H. The van der Waals surface area contributed by atoms with Crippen molar-refractivity contribution in [2.24, 2.45) is 0 Å². The van der Waals surface area contributed by atoms with Gasteiger partial charge in [-0.15, -0.1) is 0 Å². The molecule has 3 nitrogen and oxygen atoms in total. The van der Waals surface area contributed by atoms with Crippen molar-refractivity contribution in [2.75, 3.05) is 5.32 Å². The largest absolute Gasteiger partial charge is 0.465 e. The summed E-state index contributed by atoms with van der Waals surface area (Å²) in [5.41, 5.74) is 0.404. The third-order valence-corrected chi connectivity index (χ3v) is 1.45. The quantitative estimate of drug-likeness (QED) is 0.717. The van der Waals surface area contributed by atoms with Gasteiger partial charge in [-0.05, 0) is 12.1 Å². The van der Waals surface area contributed by atoms with Crippen LogP contribution in [-0.4, -0.2) is 11.2 Å². The highest BCUT2D eigenvalue weighted by molar-refractivity contribution is 6.33. The lowest BCUT2D eigenvalue weighted by Crippen LogP contribution is -2.07. The average Bonchev–Trinajstić information content (AvgIpc) is 1.93. The summed E-state index contributed by atoms with van der Waals surface area (Å²) in [5, 5.41) is 10.9. The molecule has 0 saturated heterocycles. The number of para-hydroxylation sites is 1. The molecular formula is C7H7ClFNO2. The van der Waals surface area contributed by atoms with Crippen molar-refractivity contribution in [1.82, 2.24) is 0 Å². The van der Waals surface area contributed by atoms with Gasteiger partial charge in [0.2, 0.25) is 0 Å². The van der Waals surface area contributed by atoms with Crippen molar-refractivity contribution >= 4 is 23.4 Å². The highest BCUT2D eigenvalue weighted by Gasteiger charge is 2.00. The molecule has 66 valence electrons. The van der Waals surface area contributed by atoms with Crippen molar-refractivity contribution in [3.8, 4) is 0 Å². The van der Waals surface area contributed by atoms with E-state index in [0.717, 1.165) is 0 Å². The Labute approximate surface area is 73.3 Å². The van der Waals surface area contributed by atoms with Gasteiger partial charge >= 0.3 is 6.09 Å². The van der Waals surface area contributed by atoms with E-state index >= 15 is 0 Å². The second kappa shape index (κ2) is 4.56. The van der Waals surface area contributed by atoms with E-state index in [4.69, 9.17) is 16.7 Å². The number of carbonyl (C=O) groups is 1. The number of anilines is 1. The minimum atomic E-state index is -1.11. The second-order valence-corrected chi connectivity index (χ2v) is 2.32. The summed E-state index contributed by atoms with van der Waals surface area (Å²) in [6, 6.07) is 6.65. The summed E-state index contributed by atoms with van der Waals surface area (Å²) in [7, 11) is 0. The molecule has 0 atom stereocenters. The van der Waals surface area contributed by atoms with E-state index in [1.807, 2.05) is 0 Å². The maximum absolute atomic E-state index is 10.2. The molecule has 0 bridgehead atoms. The van der Waals surface area contributed by atoms with Crippen LogP contribution in [0.25, 0.3) is 0 Å². The Morgan fingerprint density at radius 1 is 1.42 bits per heavy atom. The predicted molar refractivity (Wildman–Crippen MR) is 45.6 cm³/mol. The minimum Gasteiger partial charge on any atom is -0.465 e. The first-order valence-electron chi connectivity index (χ1n) is 2.94. The van der Waals surface area contributed by atoms with Crippen LogP contribution in [0, 0.1) is 0 Å². The Morgan fingerprint density at radius 2 is 2.00 bits per heavy atom. The third kappa shape index (κ3) is 2.75. The fourth-order valence-electron chi connectivity index (χ4n) is 0.678. The Bertz CT molecular complexity index is 280. The fourth-order valence-corrected chi connectivity index (χ4v) is 0.861. The van der Waals surface area contributed by atoms with Crippen LogP contribution in [0.2, 0.25) is 5.02 Å². The van der Waals surface area contributed by atoms with Crippen molar-refractivity contribution in [1.29, 1.82) is 0 Å². The molecule has 0 spiro atoms. The van der Waals surface area contributed by atoms with Gasteiger partial charge in [0, 0.05) is 0 Å². The fraction of sp³-hybridized carbons (Fsp3) is 0.